The van der Waals surface area contributed by atoms with Crippen LogP contribution in [0.25, 0.3) is 0 Å². The van der Waals surface area contributed by atoms with Crippen molar-refractivity contribution in [1.82, 2.24) is 0 Å². The highest BCUT2D eigenvalue weighted by Crippen LogP contribution is 2.31. The van der Waals surface area contributed by atoms with Gasteiger partial charge in [0, 0.05) is 11.4 Å². The number of hydrogen-bond donors (Lipinski definition) is 2. The summed E-state index contributed by atoms with van der Waals surface area (Å²) in [7, 11) is 0. The minimum atomic E-state index is 0.473. The highest BCUT2D eigenvalue weighted by molar-refractivity contribution is 7.09. The molecule has 84 valence electrons. The molecule has 0 bridgehead atoms. The quantitative estimate of drug-likeness (QED) is 0.820. The van der Waals surface area contributed by atoms with Gasteiger partial charge in [0.05, 0.1) is 21.4 Å². The zero-order chi connectivity index (χ0) is 11.5. The first kappa shape index (κ1) is 11.6. The predicted molar refractivity (Wildman–Crippen MR) is 72.5 cm³/mol. The zero-order valence-corrected chi connectivity index (χ0v) is 10.7. The maximum Gasteiger partial charge on any atom is 0.0614 e. The van der Waals surface area contributed by atoms with E-state index in [-0.39, 0.29) is 0 Å². The van der Waals surface area contributed by atoms with Crippen LogP contribution in [0.3, 0.4) is 0 Å². The van der Waals surface area contributed by atoms with E-state index in [1.807, 2.05) is 11.4 Å². The molecule has 1 heterocycles. The van der Waals surface area contributed by atoms with Crippen LogP contribution in [0, 0.1) is 0 Å². The second-order valence-electron chi connectivity index (χ2n) is 3.29. The van der Waals surface area contributed by atoms with Gasteiger partial charge in [-0.15, -0.1) is 11.3 Å². The Morgan fingerprint density at radius 1 is 1.25 bits per heavy atom. The molecule has 0 aliphatic rings. The third-order valence-electron chi connectivity index (χ3n) is 2.13. The lowest BCUT2D eigenvalue weighted by atomic mass is 10.2. The average Bonchev–Trinajstić information content (AvgIpc) is 2.74. The molecule has 0 spiro atoms. The van der Waals surface area contributed by atoms with Crippen LogP contribution in [-0.4, -0.2) is 0 Å². The molecule has 0 atom stereocenters. The van der Waals surface area contributed by atoms with Crippen molar-refractivity contribution in [3.8, 4) is 0 Å². The van der Waals surface area contributed by atoms with Crippen LogP contribution >= 0.6 is 34.5 Å². The second kappa shape index (κ2) is 4.95. The summed E-state index contributed by atoms with van der Waals surface area (Å²) in [5.41, 5.74) is 7.24. The number of nitrogens with two attached hydrogens (primary N) is 1. The lowest BCUT2D eigenvalue weighted by Crippen LogP contribution is -2.01. The second-order valence-corrected chi connectivity index (χ2v) is 5.13. The normalized spacial score (nSPS) is 10.4. The molecule has 0 radical (unpaired) electrons. The van der Waals surface area contributed by atoms with Crippen molar-refractivity contribution >= 4 is 45.9 Å². The third-order valence-corrected chi connectivity index (χ3v) is 3.72. The van der Waals surface area contributed by atoms with Gasteiger partial charge in [0.1, 0.15) is 0 Å². The molecule has 1 aromatic carbocycles. The summed E-state index contributed by atoms with van der Waals surface area (Å²) in [5.74, 6) is 0. The van der Waals surface area contributed by atoms with Crippen LogP contribution < -0.4 is 11.1 Å². The van der Waals surface area contributed by atoms with E-state index >= 15 is 0 Å². The molecule has 0 aliphatic carbocycles. The molecule has 0 fully saturated rings. The molecule has 2 nitrogen and oxygen atoms in total. The predicted octanol–water partition coefficient (Wildman–Crippen LogP) is 4.25. The monoisotopic (exact) mass is 272 g/mol. The van der Waals surface area contributed by atoms with Gasteiger partial charge in [0.25, 0.3) is 0 Å². The van der Waals surface area contributed by atoms with Gasteiger partial charge in [-0.3, -0.25) is 0 Å². The SMILES string of the molecule is Nc1cc(Cl)c(Cl)cc1NCc1cccs1. The minimum absolute atomic E-state index is 0.473. The first-order chi connectivity index (χ1) is 7.66. The van der Waals surface area contributed by atoms with Gasteiger partial charge < -0.3 is 11.1 Å². The molecule has 16 heavy (non-hydrogen) atoms. The summed E-state index contributed by atoms with van der Waals surface area (Å²) in [6.45, 7) is 0.736. The Kier molecular flexibility index (Phi) is 3.59. The smallest absolute Gasteiger partial charge is 0.0614 e. The lowest BCUT2D eigenvalue weighted by molar-refractivity contribution is 1.19. The van der Waals surface area contributed by atoms with E-state index in [2.05, 4.69) is 11.4 Å². The molecular formula is C11H10Cl2N2S. The number of thiophene rings is 1. The highest BCUT2D eigenvalue weighted by atomic mass is 35.5. The number of halogens is 2. The van der Waals surface area contributed by atoms with Crippen molar-refractivity contribution < 1.29 is 0 Å². The summed E-state index contributed by atoms with van der Waals surface area (Å²) in [5, 5.41) is 6.24. The Morgan fingerprint density at radius 2 is 2.00 bits per heavy atom. The summed E-state index contributed by atoms with van der Waals surface area (Å²) < 4.78 is 0. The van der Waals surface area contributed by atoms with Gasteiger partial charge in [-0.25, -0.2) is 0 Å². The van der Waals surface area contributed by atoms with E-state index < -0.39 is 0 Å². The van der Waals surface area contributed by atoms with E-state index in [1.54, 1.807) is 23.5 Å². The first-order valence-electron chi connectivity index (χ1n) is 4.67. The van der Waals surface area contributed by atoms with Crippen LogP contribution in [0.4, 0.5) is 11.4 Å². The topological polar surface area (TPSA) is 38.0 Å². The standard InChI is InChI=1S/C11H10Cl2N2S/c12-8-4-10(14)11(5-9(8)13)15-6-7-2-1-3-16-7/h1-5,15H,6,14H2. The van der Waals surface area contributed by atoms with E-state index in [0.717, 1.165) is 12.2 Å². The van der Waals surface area contributed by atoms with Crippen molar-refractivity contribution in [2.24, 2.45) is 0 Å². The Bertz CT molecular complexity index is 483. The lowest BCUT2D eigenvalue weighted by Gasteiger charge is -2.09. The van der Waals surface area contributed by atoms with E-state index in [1.165, 1.54) is 4.88 Å². The number of nitrogens with one attached hydrogen (secondary N) is 1. The van der Waals surface area contributed by atoms with E-state index in [0.29, 0.717) is 15.7 Å². The number of rotatable bonds is 3. The number of anilines is 2. The maximum atomic E-state index is 5.92. The summed E-state index contributed by atoms with van der Waals surface area (Å²) >= 11 is 13.5. The molecule has 0 saturated heterocycles. The van der Waals surface area contributed by atoms with E-state index in [9.17, 15) is 0 Å². The fourth-order valence-corrected chi connectivity index (χ4v) is 2.29. The molecule has 3 N–H and O–H groups in total. The van der Waals surface area contributed by atoms with Crippen LogP contribution in [0.5, 0.6) is 0 Å². The van der Waals surface area contributed by atoms with Crippen molar-refractivity contribution in [2.75, 3.05) is 11.1 Å². The summed E-state index contributed by atoms with van der Waals surface area (Å²) in [4.78, 5) is 1.24. The molecular weight excluding hydrogens is 263 g/mol. The maximum absolute atomic E-state index is 5.92. The Labute approximate surface area is 108 Å². The van der Waals surface area contributed by atoms with Crippen molar-refractivity contribution in [3.63, 3.8) is 0 Å². The molecule has 0 aliphatic heterocycles. The van der Waals surface area contributed by atoms with Gasteiger partial charge in [-0.1, -0.05) is 29.3 Å². The summed E-state index contributed by atoms with van der Waals surface area (Å²) in [6.07, 6.45) is 0. The van der Waals surface area contributed by atoms with Crippen LogP contribution in [0.1, 0.15) is 4.88 Å². The molecule has 2 rings (SSSR count). The first-order valence-corrected chi connectivity index (χ1v) is 6.31. The van der Waals surface area contributed by atoms with Crippen molar-refractivity contribution in [3.05, 3.63) is 44.6 Å². The molecule has 5 heteroatoms. The van der Waals surface area contributed by atoms with Crippen molar-refractivity contribution in [2.45, 2.75) is 6.54 Å². The Balaban J connectivity index is 2.12. The third kappa shape index (κ3) is 2.61. The van der Waals surface area contributed by atoms with Gasteiger partial charge in [-0.2, -0.15) is 0 Å². The number of nitrogen functional groups attached to an aromatic ring is 1. The van der Waals surface area contributed by atoms with Crippen LogP contribution in [0.15, 0.2) is 29.6 Å². The van der Waals surface area contributed by atoms with Gasteiger partial charge in [0.15, 0.2) is 0 Å². The van der Waals surface area contributed by atoms with Gasteiger partial charge in [-0.05, 0) is 23.6 Å². The fraction of sp³-hybridized carbons (Fsp3) is 0.0909. The van der Waals surface area contributed by atoms with Crippen LogP contribution in [0.2, 0.25) is 10.0 Å². The van der Waals surface area contributed by atoms with Gasteiger partial charge >= 0.3 is 0 Å². The zero-order valence-electron chi connectivity index (χ0n) is 8.34. The molecule has 0 saturated carbocycles. The van der Waals surface area contributed by atoms with Gasteiger partial charge in [0.2, 0.25) is 0 Å². The largest absolute Gasteiger partial charge is 0.397 e. The molecule has 0 amide bonds. The molecule has 1 aromatic heterocycles. The summed E-state index contributed by atoms with van der Waals surface area (Å²) in [6, 6.07) is 7.47. The fourth-order valence-electron chi connectivity index (χ4n) is 1.31. The van der Waals surface area contributed by atoms with Crippen molar-refractivity contribution in [1.29, 1.82) is 0 Å². The number of hydrogen-bond acceptors (Lipinski definition) is 3. The minimum Gasteiger partial charge on any atom is -0.397 e. The van der Waals surface area contributed by atoms with E-state index in [4.69, 9.17) is 28.9 Å². The molecule has 0 unspecified atom stereocenters. The number of benzene rings is 1. The van der Waals surface area contributed by atoms with Crippen LogP contribution in [-0.2, 0) is 6.54 Å². The average molecular weight is 273 g/mol. The Hall–Kier alpha value is -0.900. The Morgan fingerprint density at radius 3 is 2.69 bits per heavy atom. The molecule has 2 aromatic rings. The highest BCUT2D eigenvalue weighted by Gasteiger charge is 2.04.